The average molecular weight is 297 g/mol. The Balaban J connectivity index is 0.00000220. The molecule has 2 fully saturated rings. The van der Waals surface area contributed by atoms with Gasteiger partial charge in [-0.2, -0.15) is 0 Å². The number of nitrogens with zero attached hydrogens (tertiary/aromatic N) is 1. The summed E-state index contributed by atoms with van der Waals surface area (Å²) >= 11 is 0. The van der Waals surface area contributed by atoms with Crippen LogP contribution in [0.3, 0.4) is 0 Å². The smallest absolute Gasteiger partial charge is 0.00952 e. The minimum absolute atomic E-state index is 0. The van der Waals surface area contributed by atoms with Gasteiger partial charge < -0.3 is 11.1 Å². The van der Waals surface area contributed by atoms with Gasteiger partial charge in [0.1, 0.15) is 0 Å². The fraction of sp³-hybridized carbons (Fsp3) is 1.00. The molecule has 0 unspecified atom stereocenters. The van der Waals surface area contributed by atoms with E-state index < -0.39 is 0 Å². The lowest BCUT2D eigenvalue weighted by Gasteiger charge is -2.33. The van der Waals surface area contributed by atoms with Crippen molar-refractivity contribution in [1.82, 2.24) is 11.1 Å². The number of hydrogen-bond donors (Lipinski definition) is 1. The summed E-state index contributed by atoms with van der Waals surface area (Å²) in [6.07, 6.45) is 23.7. The molecule has 0 aromatic rings. The Morgan fingerprint density at radius 1 is 0.429 bits per heavy atom. The van der Waals surface area contributed by atoms with Crippen LogP contribution in [0.15, 0.2) is 0 Å². The van der Waals surface area contributed by atoms with Crippen LogP contribution in [0, 0.1) is 0 Å². The Morgan fingerprint density at radius 2 is 0.762 bits per heavy atom. The first-order valence-corrected chi connectivity index (χ1v) is 9.71. The minimum Gasteiger partial charge on any atom is -0.344 e. The second kappa shape index (κ2) is 12.5. The lowest BCUT2D eigenvalue weighted by Crippen LogP contribution is -2.37. The molecule has 2 heteroatoms. The number of rotatable bonds is 1. The van der Waals surface area contributed by atoms with Crippen LogP contribution in [0.4, 0.5) is 0 Å². The average Bonchev–Trinajstić information content (AvgIpc) is 2.50. The molecule has 0 bridgehead atoms. The second-order valence-electron chi connectivity index (χ2n) is 7.22. The summed E-state index contributed by atoms with van der Waals surface area (Å²) in [6, 6.07) is 0.924. The fourth-order valence-electron chi connectivity index (χ4n) is 4.14. The molecule has 1 aliphatic carbocycles. The molecule has 0 radical (unpaired) electrons. The van der Waals surface area contributed by atoms with E-state index >= 15 is 0 Å². The summed E-state index contributed by atoms with van der Waals surface area (Å²) in [5.74, 6) is 0. The minimum atomic E-state index is 0. The van der Waals surface area contributed by atoms with Gasteiger partial charge in [-0.25, -0.2) is 0 Å². The van der Waals surface area contributed by atoms with Crippen LogP contribution in [0.2, 0.25) is 0 Å². The van der Waals surface area contributed by atoms with Gasteiger partial charge in [0.25, 0.3) is 0 Å². The molecule has 2 rings (SSSR count). The van der Waals surface area contributed by atoms with Crippen molar-refractivity contribution in [2.24, 2.45) is 0 Å². The molecule has 2 nitrogen and oxygen atoms in total. The topological polar surface area (TPSA) is 38.2 Å². The van der Waals surface area contributed by atoms with Gasteiger partial charge in [0.05, 0.1) is 0 Å². The van der Waals surface area contributed by atoms with Crippen molar-refractivity contribution >= 4 is 0 Å². The third-order valence-electron chi connectivity index (χ3n) is 5.48. The number of hydrogen-bond acceptors (Lipinski definition) is 2. The van der Waals surface area contributed by atoms with Crippen LogP contribution in [0.5, 0.6) is 0 Å². The quantitative estimate of drug-likeness (QED) is 0.636. The summed E-state index contributed by atoms with van der Waals surface area (Å²) in [6.45, 7) is 2.79. The van der Waals surface area contributed by atoms with Crippen LogP contribution in [-0.4, -0.2) is 24.0 Å². The van der Waals surface area contributed by atoms with E-state index in [1.54, 1.807) is 0 Å². The molecule has 21 heavy (non-hydrogen) atoms. The fourth-order valence-corrected chi connectivity index (χ4v) is 4.14. The summed E-state index contributed by atoms with van der Waals surface area (Å²) in [5.41, 5.74) is 0. The van der Waals surface area contributed by atoms with E-state index in [0.29, 0.717) is 0 Å². The first kappa shape index (κ1) is 19.0. The van der Waals surface area contributed by atoms with Gasteiger partial charge in [-0.3, -0.25) is 0 Å². The van der Waals surface area contributed by atoms with Crippen LogP contribution in [-0.2, 0) is 0 Å². The molecule has 1 saturated carbocycles. The monoisotopic (exact) mass is 296 g/mol. The maximum atomic E-state index is 2.90. The van der Waals surface area contributed by atoms with Crippen LogP contribution in [0.1, 0.15) is 103 Å². The predicted octanol–water partition coefficient (Wildman–Crippen LogP) is 6.09. The molecule has 1 heterocycles. The van der Waals surface area contributed by atoms with E-state index in [2.05, 4.69) is 4.90 Å². The van der Waals surface area contributed by atoms with Crippen molar-refractivity contribution in [1.29, 1.82) is 0 Å². The van der Waals surface area contributed by atoms with Gasteiger partial charge >= 0.3 is 0 Å². The highest BCUT2D eigenvalue weighted by Gasteiger charge is 2.18. The first-order valence-electron chi connectivity index (χ1n) is 9.71. The van der Waals surface area contributed by atoms with Crippen molar-refractivity contribution in [3.05, 3.63) is 0 Å². The van der Waals surface area contributed by atoms with Gasteiger partial charge in [0.2, 0.25) is 0 Å². The molecule has 0 amide bonds. The van der Waals surface area contributed by atoms with Crippen LogP contribution in [0.25, 0.3) is 0 Å². The van der Waals surface area contributed by atoms with Crippen LogP contribution >= 0.6 is 0 Å². The zero-order valence-electron chi connectivity index (χ0n) is 14.5. The molecule has 0 spiro atoms. The molecule has 0 atom stereocenters. The maximum Gasteiger partial charge on any atom is 0.00952 e. The van der Waals surface area contributed by atoms with Gasteiger partial charge in [0, 0.05) is 6.04 Å². The van der Waals surface area contributed by atoms with Crippen molar-refractivity contribution in [3.8, 4) is 0 Å². The third-order valence-corrected chi connectivity index (χ3v) is 5.48. The Kier molecular flexibility index (Phi) is 11.3. The predicted molar refractivity (Wildman–Crippen MR) is 94.3 cm³/mol. The van der Waals surface area contributed by atoms with E-state index in [-0.39, 0.29) is 6.15 Å². The molecule has 2 aliphatic rings. The van der Waals surface area contributed by atoms with E-state index in [1.807, 2.05) is 0 Å². The van der Waals surface area contributed by atoms with Gasteiger partial charge in [-0.05, 0) is 38.8 Å². The normalized spacial score (nSPS) is 25.7. The summed E-state index contributed by atoms with van der Waals surface area (Å²) in [4.78, 5) is 2.90. The van der Waals surface area contributed by atoms with E-state index in [1.165, 1.54) is 116 Å². The highest BCUT2D eigenvalue weighted by Crippen LogP contribution is 2.22. The molecular formula is C19H40N2. The molecule has 126 valence electrons. The van der Waals surface area contributed by atoms with E-state index in [0.717, 1.165) is 6.04 Å². The lowest BCUT2D eigenvalue weighted by molar-refractivity contribution is 0.159. The highest BCUT2D eigenvalue weighted by atomic mass is 15.1. The molecule has 0 aromatic heterocycles. The maximum absolute atomic E-state index is 2.90. The second-order valence-corrected chi connectivity index (χ2v) is 7.22. The van der Waals surface area contributed by atoms with Crippen molar-refractivity contribution in [2.45, 2.75) is 109 Å². The lowest BCUT2D eigenvalue weighted by atomic mass is 9.95. The van der Waals surface area contributed by atoms with Gasteiger partial charge in [-0.1, -0.05) is 77.0 Å². The zero-order chi connectivity index (χ0) is 13.9. The third kappa shape index (κ3) is 8.21. The summed E-state index contributed by atoms with van der Waals surface area (Å²) in [7, 11) is 0. The highest BCUT2D eigenvalue weighted by molar-refractivity contribution is 4.74. The van der Waals surface area contributed by atoms with Crippen molar-refractivity contribution < 1.29 is 0 Å². The van der Waals surface area contributed by atoms with Gasteiger partial charge in [-0.15, -0.1) is 0 Å². The molecular weight excluding hydrogens is 256 g/mol. The Morgan fingerprint density at radius 3 is 1.19 bits per heavy atom. The molecule has 0 aromatic carbocycles. The van der Waals surface area contributed by atoms with E-state index in [9.17, 15) is 0 Å². The van der Waals surface area contributed by atoms with E-state index in [4.69, 9.17) is 0 Å². The summed E-state index contributed by atoms with van der Waals surface area (Å²) < 4.78 is 0. The molecule has 1 aliphatic heterocycles. The molecule has 3 N–H and O–H groups in total. The first-order chi connectivity index (χ1) is 9.97. The standard InChI is InChI=1S/C19H37N.H3N/c1-3-7-11-15-19(16-12-8-4-1)20-17-13-9-5-2-6-10-14-18-20;/h19H,1-18H2;1H3. The Hall–Kier alpha value is -0.0800. The van der Waals surface area contributed by atoms with Crippen molar-refractivity contribution in [2.75, 3.05) is 13.1 Å². The molecule has 1 saturated heterocycles. The Labute approximate surface area is 133 Å². The summed E-state index contributed by atoms with van der Waals surface area (Å²) in [5, 5.41) is 0. The van der Waals surface area contributed by atoms with Crippen LogP contribution < -0.4 is 6.15 Å². The van der Waals surface area contributed by atoms with Crippen molar-refractivity contribution in [3.63, 3.8) is 0 Å². The largest absolute Gasteiger partial charge is 0.344 e. The zero-order valence-corrected chi connectivity index (χ0v) is 14.5. The SMILES string of the molecule is C1CCCCC(N2CCCCCCCCC2)CCCC1.N. The van der Waals surface area contributed by atoms with Gasteiger partial charge in [0.15, 0.2) is 0 Å². The Bertz CT molecular complexity index is 186.